The molecule has 0 aromatic heterocycles. The summed E-state index contributed by atoms with van der Waals surface area (Å²) < 4.78 is 0. The number of hydrogen-bond acceptors (Lipinski definition) is 1. The molecule has 1 aliphatic rings. The van der Waals surface area contributed by atoms with Crippen LogP contribution in [-0.4, -0.2) is 23.9 Å². The van der Waals surface area contributed by atoms with Gasteiger partial charge < -0.3 is 4.90 Å². The lowest BCUT2D eigenvalue weighted by molar-refractivity contribution is -0.133. The van der Waals surface area contributed by atoms with Crippen LogP contribution in [0.15, 0.2) is 0 Å². The Kier molecular flexibility index (Phi) is 6.65. The SMILES string of the molecule is CC.CC(C)CN1CCCCC1=O. The molecular weight excluding hydrogens is 162 g/mol. The van der Waals surface area contributed by atoms with Gasteiger partial charge in [-0.1, -0.05) is 27.7 Å². The van der Waals surface area contributed by atoms with Crippen molar-refractivity contribution < 1.29 is 4.79 Å². The number of amides is 1. The van der Waals surface area contributed by atoms with Gasteiger partial charge in [0.2, 0.25) is 5.91 Å². The van der Waals surface area contributed by atoms with Gasteiger partial charge in [0, 0.05) is 19.5 Å². The van der Waals surface area contributed by atoms with E-state index in [1.165, 1.54) is 6.42 Å². The Morgan fingerprint density at radius 2 is 1.92 bits per heavy atom. The zero-order valence-electron chi connectivity index (χ0n) is 9.47. The van der Waals surface area contributed by atoms with E-state index in [0.29, 0.717) is 11.8 Å². The van der Waals surface area contributed by atoms with E-state index in [4.69, 9.17) is 0 Å². The van der Waals surface area contributed by atoms with Crippen LogP contribution in [0.1, 0.15) is 47.0 Å². The zero-order valence-corrected chi connectivity index (χ0v) is 9.47. The molecule has 78 valence electrons. The third kappa shape index (κ3) is 4.91. The molecule has 1 aliphatic heterocycles. The summed E-state index contributed by atoms with van der Waals surface area (Å²) in [6.45, 7) is 10.2. The van der Waals surface area contributed by atoms with Crippen molar-refractivity contribution in [1.29, 1.82) is 0 Å². The van der Waals surface area contributed by atoms with Crippen LogP contribution in [0.5, 0.6) is 0 Å². The summed E-state index contributed by atoms with van der Waals surface area (Å²) in [6.07, 6.45) is 3.05. The summed E-state index contributed by atoms with van der Waals surface area (Å²) in [4.78, 5) is 13.2. The fraction of sp³-hybridized carbons (Fsp3) is 0.909. The largest absolute Gasteiger partial charge is 0.342 e. The summed E-state index contributed by atoms with van der Waals surface area (Å²) in [7, 11) is 0. The molecule has 13 heavy (non-hydrogen) atoms. The Morgan fingerprint density at radius 3 is 2.38 bits per heavy atom. The maximum Gasteiger partial charge on any atom is 0.222 e. The summed E-state index contributed by atoms with van der Waals surface area (Å²) in [5, 5.41) is 0. The summed E-state index contributed by atoms with van der Waals surface area (Å²) in [5.74, 6) is 0.960. The van der Waals surface area contributed by atoms with E-state index >= 15 is 0 Å². The molecule has 0 N–H and O–H groups in total. The topological polar surface area (TPSA) is 20.3 Å². The molecule has 1 fully saturated rings. The van der Waals surface area contributed by atoms with Crippen molar-refractivity contribution >= 4 is 5.91 Å². The van der Waals surface area contributed by atoms with Crippen molar-refractivity contribution in [3.8, 4) is 0 Å². The fourth-order valence-electron chi connectivity index (χ4n) is 1.50. The molecule has 1 rings (SSSR count). The molecule has 0 unspecified atom stereocenters. The molecule has 0 aromatic carbocycles. The number of carbonyl (C=O) groups excluding carboxylic acids is 1. The van der Waals surface area contributed by atoms with Gasteiger partial charge in [-0.15, -0.1) is 0 Å². The number of piperidine rings is 1. The highest BCUT2D eigenvalue weighted by molar-refractivity contribution is 5.76. The smallest absolute Gasteiger partial charge is 0.222 e. The van der Waals surface area contributed by atoms with Gasteiger partial charge in [-0.3, -0.25) is 4.79 Å². The molecule has 0 aliphatic carbocycles. The molecule has 0 radical (unpaired) electrons. The first-order valence-electron chi connectivity index (χ1n) is 5.48. The summed E-state index contributed by atoms with van der Waals surface area (Å²) in [5.41, 5.74) is 0. The maximum atomic E-state index is 11.3. The number of nitrogens with zero attached hydrogens (tertiary/aromatic N) is 1. The van der Waals surface area contributed by atoms with E-state index in [2.05, 4.69) is 13.8 Å². The second-order valence-corrected chi connectivity index (χ2v) is 3.69. The molecule has 2 heteroatoms. The van der Waals surface area contributed by atoms with Crippen molar-refractivity contribution in [3.63, 3.8) is 0 Å². The van der Waals surface area contributed by atoms with Gasteiger partial charge in [-0.05, 0) is 18.8 Å². The lowest BCUT2D eigenvalue weighted by atomic mass is 10.1. The van der Waals surface area contributed by atoms with Crippen molar-refractivity contribution in [2.24, 2.45) is 5.92 Å². The van der Waals surface area contributed by atoms with Gasteiger partial charge in [0.1, 0.15) is 0 Å². The van der Waals surface area contributed by atoms with E-state index in [1.807, 2.05) is 18.7 Å². The third-order valence-electron chi connectivity index (χ3n) is 2.01. The number of rotatable bonds is 2. The lowest BCUT2D eigenvalue weighted by Crippen LogP contribution is -2.37. The molecule has 0 spiro atoms. The first-order chi connectivity index (χ1) is 6.20. The van der Waals surface area contributed by atoms with Gasteiger partial charge in [-0.25, -0.2) is 0 Å². The van der Waals surface area contributed by atoms with Crippen LogP contribution >= 0.6 is 0 Å². The Hall–Kier alpha value is -0.530. The summed E-state index contributed by atoms with van der Waals surface area (Å²) in [6, 6.07) is 0. The lowest BCUT2D eigenvalue weighted by Gasteiger charge is -2.28. The molecule has 2 nitrogen and oxygen atoms in total. The molecule has 0 atom stereocenters. The van der Waals surface area contributed by atoms with Crippen LogP contribution < -0.4 is 0 Å². The minimum absolute atomic E-state index is 0.352. The molecule has 0 saturated carbocycles. The van der Waals surface area contributed by atoms with E-state index < -0.39 is 0 Å². The second-order valence-electron chi connectivity index (χ2n) is 3.69. The monoisotopic (exact) mass is 185 g/mol. The van der Waals surface area contributed by atoms with Crippen molar-refractivity contribution in [1.82, 2.24) is 4.90 Å². The fourth-order valence-corrected chi connectivity index (χ4v) is 1.50. The molecule has 0 aromatic rings. The predicted molar refractivity (Wildman–Crippen MR) is 56.6 cm³/mol. The van der Waals surface area contributed by atoms with Gasteiger partial charge in [0.15, 0.2) is 0 Å². The minimum atomic E-state index is 0.352. The zero-order chi connectivity index (χ0) is 10.3. The number of carbonyl (C=O) groups is 1. The first-order valence-corrected chi connectivity index (χ1v) is 5.48. The van der Waals surface area contributed by atoms with Crippen LogP contribution in [0.25, 0.3) is 0 Å². The normalized spacial score (nSPS) is 17.0. The van der Waals surface area contributed by atoms with E-state index in [-0.39, 0.29) is 0 Å². The number of likely N-dealkylation sites (tertiary alicyclic amines) is 1. The second kappa shape index (κ2) is 6.93. The molecule has 1 saturated heterocycles. The Balaban J connectivity index is 0.000000671. The van der Waals surface area contributed by atoms with E-state index in [9.17, 15) is 4.79 Å². The molecule has 1 heterocycles. The van der Waals surface area contributed by atoms with Crippen molar-refractivity contribution in [2.75, 3.05) is 13.1 Å². The Labute approximate surface area is 82.3 Å². The van der Waals surface area contributed by atoms with E-state index in [1.54, 1.807) is 0 Å². The van der Waals surface area contributed by atoms with Gasteiger partial charge in [0.05, 0.1) is 0 Å². The van der Waals surface area contributed by atoms with Crippen LogP contribution in [0, 0.1) is 5.92 Å². The van der Waals surface area contributed by atoms with Crippen molar-refractivity contribution in [3.05, 3.63) is 0 Å². The number of hydrogen-bond donors (Lipinski definition) is 0. The molecule has 1 amide bonds. The van der Waals surface area contributed by atoms with Gasteiger partial charge in [-0.2, -0.15) is 0 Å². The maximum absolute atomic E-state index is 11.3. The van der Waals surface area contributed by atoms with E-state index in [0.717, 1.165) is 25.9 Å². The quantitative estimate of drug-likeness (QED) is 0.647. The highest BCUT2D eigenvalue weighted by atomic mass is 16.2. The third-order valence-corrected chi connectivity index (χ3v) is 2.01. The average molecular weight is 185 g/mol. The van der Waals surface area contributed by atoms with Gasteiger partial charge in [0.25, 0.3) is 0 Å². The standard InChI is InChI=1S/C9H17NO.C2H6/c1-8(2)7-10-6-4-3-5-9(10)11;1-2/h8H,3-7H2,1-2H3;1-2H3. The highest BCUT2D eigenvalue weighted by Crippen LogP contribution is 2.11. The van der Waals surface area contributed by atoms with Crippen LogP contribution in [-0.2, 0) is 4.79 Å². The highest BCUT2D eigenvalue weighted by Gasteiger charge is 2.17. The predicted octanol–water partition coefficient (Wildman–Crippen LogP) is 2.68. The first kappa shape index (κ1) is 12.5. The Morgan fingerprint density at radius 1 is 1.31 bits per heavy atom. The average Bonchev–Trinajstić information content (AvgIpc) is 2.12. The van der Waals surface area contributed by atoms with Gasteiger partial charge >= 0.3 is 0 Å². The molecular formula is C11H23NO. The molecule has 0 bridgehead atoms. The minimum Gasteiger partial charge on any atom is -0.342 e. The summed E-state index contributed by atoms with van der Waals surface area (Å²) >= 11 is 0. The van der Waals surface area contributed by atoms with Crippen LogP contribution in [0.4, 0.5) is 0 Å². The Bertz CT molecular complexity index is 143. The van der Waals surface area contributed by atoms with Crippen LogP contribution in [0.3, 0.4) is 0 Å². The van der Waals surface area contributed by atoms with Crippen molar-refractivity contribution in [2.45, 2.75) is 47.0 Å². The van der Waals surface area contributed by atoms with Crippen LogP contribution in [0.2, 0.25) is 0 Å².